The molecule has 15 heavy (non-hydrogen) atoms. The molecule has 0 atom stereocenters. The maximum Gasteiger partial charge on any atom is 0.205 e. The third-order valence-corrected chi connectivity index (χ3v) is 2.23. The van der Waals surface area contributed by atoms with Crippen LogP contribution in [0.1, 0.15) is 23.6 Å². The topological polar surface area (TPSA) is 34.0 Å². The Labute approximate surface area is 90.5 Å². The number of nitrogens with zero attached hydrogens (tertiary/aromatic N) is 2. The average Bonchev–Trinajstić information content (AvgIpc) is 2.20. The molecule has 80 valence electrons. The van der Waals surface area contributed by atoms with Crippen LogP contribution in [0.2, 0.25) is 0 Å². The zero-order valence-corrected chi connectivity index (χ0v) is 9.45. The van der Waals surface area contributed by atoms with Crippen LogP contribution in [-0.4, -0.2) is 12.6 Å². The lowest BCUT2D eigenvalue weighted by molar-refractivity contribution is 0.288. The van der Waals surface area contributed by atoms with Crippen molar-refractivity contribution in [2.75, 3.05) is 0 Å². The molecular weight excluding hydrogens is 188 g/mol. The summed E-state index contributed by atoms with van der Waals surface area (Å²) in [7, 11) is 0. The minimum atomic E-state index is 0.520. The van der Waals surface area contributed by atoms with Crippen molar-refractivity contribution in [3.05, 3.63) is 34.9 Å². The summed E-state index contributed by atoms with van der Waals surface area (Å²) in [5.41, 5.74) is 3.70. The fraction of sp³-hybridized carbons (Fsp3) is 0.333. The highest BCUT2D eigenvalue weighted by Gasteiger charge is 1.98. The number of hydrogen-bond donors (Lipinski definition) is 0. The van der Waals surface area contributed by atoms with Gasteiger partial charge in [0.05, 0.1) is 0 Å². The van der Waals surface area contributed by atoms with E-state index >= 15 is 0 Å². The first-order valence-corrected chi connectivity index (χ1v) is 4.82. The number of rotatable bonds is 3. The van der Waals surface area contributed by atoms with E-state index in [9.17, 15) is 0 Å². The van der Waals surface area contributed by atoms with Crippen molar-refractivity contribution >= 4 is 12.6 Å². The Morgan fingerprint density at radius 1 is 1.33 bits per heavy atom. The van der Waals surface area contributed by atoms with Crippen LogP contribution in [0.25, 0.3) is 0 Å². The first-order chi connectivity index (χ1) is 7.13. The van der Waals surface area contributed by atoms with Crippen LogP contribution < -0.4 is 0 Å². The minimum Gasteiger partial charge on any atom is -0.475 e. The van der Waals surface area contributed by atoms with Crippen LogP contribution >= 0.6 is 0 Å². The van der Waals surface area contributed by atoms with E-state index < -0.39 is 0 Å². The normalized spacial score (nSPS) is 11.3. The van der Waals surface area contributed by atoms with Gasteiger partial charge in [0.15, 0.2) is 0 Å². The third kappa shape index (κ3) is 3.54. The van der Waals surface area contributed by atoms with E-state index in [4.69, 9.17) is 4.74 Å². The summed E-state index contributed by atoms with van der Waals surface area (Å²) in [5, 5.41) is 7.08. The van der Waals surface area contributed by atoms with Gasteiger partial charge < -0.3 is 4.74 Å². The summed E-state index contributed by atoms with van der Waals surface area (Å²) >= 11 is 0. The Morgan fingerprint density at radius 3 is 2.67 bits per heavy atom. The van der Waals surface area contributed by atoms with Crippen molar-refractivity contribution in [3.63, 3.8) is 0 Å². The highest BCUT2D eigenvalue weighted by atomic mass is 16.5. The molecule has 0 aromatic heterocycles. The maximum absolute atomic E-state index is 5.38. The Hall–Kier alpha value is -1.64. The monoisotopic (exact) mass is 204 g/mol. The van der Waals surface area contributed by atoms with Gasteiger partial charge in [0, 0.05) is 13.6 Å². The molecule has 0 spiro atoms. The van der Waals surface area contributed by atoms with Gasteiger partial charge in [-0.25, -0.2) is 0 Å². The van der Waals surface area contributed by atoms with Crippen LogP contribution in [0.15, 0.2) is 28.4 Å². The Kier molecular flexibility index (Phi) is 4.03. The molecule has 0 saturated heterocycles. The Morgan fingerprint density at radius 2 is 2.07 bits per heavy atom. The van der Waals surface area contributed by atoms with Crippen LogP contribution in [0, 0.1) is 13.8 Å². The fourth-order valence-corrected chi connectivity index (χ4v) is 1.21. The van der Waals surface area contributed by atoms with Gasteiger partial charge in [-0.05, 0) is 30.5 Å². The second-order valence-electron chi connectivity index (χ2n) is 3.47. The second-order valence-corrected chi connectivity index (χ2v) is 3.47. The molecule has 0 heterocycles. The largest absolute Gasteiger partial charge is 0.475 e. The zero-order chi connectivity index (χ0) is 11.3. The fourth-order valence-electron chi connectivity index (χ4n) is 1.21. The third-order valence-electron chi connectivity index (χ3n) is 2.23. The highest BCUT2D eigenvalue weighted by Crippen LogP contribution is 2.10. The number of hydrogen-bond acceptors (Lipinski definition) is 3. The standard InChI is InChI=1S/C12H16N2O/c1-9-5-6-12(7-10(9)2)8-15-11(3)14-13-4/h5-7H,4,8H2,1-3H3/b14-11-. The van der Waals surface area contributed by atoms with Crippen molar-refractivity contribution in [2.24, 2.45) is 10.2 Å². The lowest BCUT2D eigenvalue weighted by atomic mass is 10.1. The summed E-state index contributed by atoms with van der Waals surface area (Å²) in [6, 6.07) is 6.26. The molecule has 0 bridgehead atoms. The summed E-state index contributed by atoms with van der Waals surface area (Å²) in [4.78, 5) is 0. The molecule has 0 aliphatic rings. The van der Waals surface area contributed by atoms with Gasteiger partial charge in [-0.2, -0.15) is 5.10 Å². The van der Waals surface area contributed by atoms with Crippen LogP contribution in [-0.2, 0) is 11.3 Å². The molecule has 1 rings (SSSR count). The van der Waals surface area contributed by atoms with Gasteiger partial charge in [-0.3, -0.25) is 0 Å². The molecule has 0 aliphatic heterocycles. The maximum atomic E-state index is 5.38. The molecule has 0 saturated carbocycles. The van der Waals surface area contributed by atoms with Crippen LogP contribution in [0.4, 0.5) is 0 Å². The van der Waals surface area contributed by atoms with Gasteiger partial charge in [-0.15, -0.1) is 5.10 Å². The van der Waals surface area contributed by atoms with Crippen molar-refractivity contribution in [1.29, 1.82) is 0 Å². The van der Waals surface area contributed by atoms with E-state index in [1.807, 2.05) is 0 Å². The summed E-state index contributed by atoms with van der Waals surface area (Å²) in [6.45, 7) is 9.72. The predicted octanol–water partition coefficient (Wildman–Crippen LogP) is 2.85. The number of ether oxygens (including phenoxy) is 1. The van der Waals surface area contributed by atoms with E-state index in [2.05, 4.69) is 49.0 Å². The van der Waals surface area contributed by atoms with Gasteiger partial charge in [0.25, 0.3) is 0 Å². The number of aryl methyl sites for hydroxylation is 2. The first kappa shape index (κ1) is 11.4. The summed E-state index contributed by atoms with van der Waals surface area (Å²) in [5.74, 6) is 0.531. The quantitative estimate of drug-likeness (QED) is 0.423. The molecule has 1 aromatic carbocycles. The van der Waals surface area contributed by atoms with Crippen LogP contribution in [0.5, 0.6) is 0 Å². The van der Waals surface area contributed by atoms with Crippen LogP contribution in [0.3, 0.4) is 0 Å². The van der Waals surface area contributed by atoms with Gasteiger partial charge in [-0.1, -0.05) is 18.2 Å². The average molecular weight is 204 g/mol. The number of benzene rings is 1. The molecule has 0 amide bonds. The van der Waals surface area contributed by atoms with E-state index in [0.29, 0.717) is 12.5 Å². The molecule has 0 unspecified atom stereocenters. The summed E-state index contributed by atoms with van der Waals surface area (Å²) in [6.07, 6.45) is 0. The molecule has 0 fully saturated rings. The highest BCUT2D eigenvalue weighted by molar-refractivity contribution is 5.73. The molecule has 1 aromatic rings. The second kappa shape index (κ2) is 5.29. The lowest BCUT2D eigenvalue weighted by Crippen LogP contribution is -1.99. The summed E-state index contributed by atoms with van der Waals surface area (Å²) < 4.78 is 5.38. The minimum absolute atomic E-state index is 0.520. The van der Waals surface area contributed by atoms with Gasteiger partial charge >= 0.3 is 0 Å². The smallest absolute Gasteiger partial charge is 0.205 e. The molecule has 0 aliphatic carbocycles. The Balaban J connectivity index is 2.62. The van der Waals surface area contributed by atoms with E-state index in [1.165, 1.54) is 11.1 Å². The predicted molar refractivity (Wildman–Crippen MR) is 63.4 cm³/mol. The van der Waals surface area contributed by atoms with Gasteiger partial charge in [0.2, 0.25) is 5.90 Å². The first-order valence-electron chi connectivity index (χ1n) is 4.82. The lowest BCUT2D eigenvalue weighted by Gasteiger charge is -2.06. The van der Waals surface area contributed by atoms with Crippen molar-refractivity contribution in [1.82, 2.24) is 0 Å². The van der Waals surface area contributed by atoms with Gasteiger partial charge in [0.1, 0.15) is 6.61 Å². The molecule has 3 nitrogen and oxygen atoms in total. The van der Waals surface area contributed by atoms with Crippen molar-refractivity contribution in [2.45, 2.75) is 27.4 Å². The molecule has 0 radical (unpaired) electrons. The van der Waals surface area contributed by atoms with Crippen molar-refractivity contribution < 1.29 is 4.74 Å². The molecule has 0 N–H and O–H groups in total. The SMILES string of the molecule is C=N/N=C(/C)OCc1ccc(C)c(C)c1. The molecular formula is C12H16N2O. The Bertz CT molecular complexity index is 383. The van der Waals surface area contributed by atoms with E-state index in [1.54, 1.807) is 6.92 Å². The van der Waals surface area contributed by atoms with E-state index in [-0.39, 0.29) is 0 Å². The van der Waals surface area contributed by atoms with Crippen molar-refractivity contribution in [3.8, 4) is 0 Å². The zero-order valence-electron chi connectivity index (χ0n) is 9.45. The molecule has 3 heteroatoms. The van der Waals surface area contributed by atoms with E-state index in [0.717, 1.165) is 5.56 Å².